The summed E-state index contributed by atoms with van der Waals surface area (Å²) in [6.45, 7) is 5.78. The largest absolute Gasteiger partial charge is 0.396 e. The van der Waals surface area contributed by atoms with Crippen LogP contribution in [0.1, 0.15) is 18.1 Å². The van der Waals surface area contributed by atoms with Gasteiger partial charge in [-0.1, -0.05) is 66.6 Å². The van der Waals surface area contributed by atoms with Crippen molar-refractivity contribution < 1.29 is 9.67 Å². The van der Waals surface area contributed by atoms with Crippen molar-refractivity contribution in [3.63, 3.8) is 0 Å². The average Bonchev–Trinajstić information content (AvgIpc) is 2.47. The van der Waals surface area contributed by atoms with Gasteiger partial charge in [0.25, 0.3) is 0 Å². The van der Waals surface area contributed by atoms with E-state index >= 15 is 0 Å². The first-order valence-electron chi connectivity index (χ1n) is 6.83. The monoisotopic (exact) mass is 288 g/mol. The molecule has 0 aliphatic rings. The van der Waals surface area contributed by atoms with Gasteiger partial charge in [0, 0.05) is 16.3 Å². The molecule has 3 heteroatoms. The van der Waals surface area contributed by atoms with Crippen molar-refractivity contribution in [2.45, 2.75) is 26.4 Å². The van der Waals surface area contributed by atoms with Crippen LogP contribution in [0.15, 0.2) is 48.5 Å². The van der Waals surface area contributed by atoms with Gasteiger partial charge in [-0.3, -0.25) is 0 Å². The number of benzene rings is 2. The lowest BCUT2D eigenvalue weighted by Gasteiger charge is -2.24. The molecule has 2 nitrogen and oxygen atoms in total. The number of hydrogen-bond donors (Lipinski definition) is 1. The Morgan fingerprint density at radius 2 is 1.25 bits per heavy atom. The van der Waals surface area contributed by atoms with Crippen LogP contribution in [0.4, 0.5) is 0 Å². The van der Waals surface area contributed by atoms with Crippen LogP contribution < -0.4 is 10.6 Å². The summed E-state index contributed by atoms with van der Waals surface area (Å²) in [4.78, 5) is 0. The molecule has 2 aromatic carbocycles. The predicted molar refractivity (Wildman–Crippen MR) is 85.8 cm³/mol. The van der Waals surface area contributed by atoms with Crippen molar-refractivity contribution in [1.29, 1.82) is 0 Å². The second-order valence-corrected chi connectivity index (χ2v) is 8.59. The Labute approximate surface area is 120 Å². The molecule has 0 heterocycles. The second kappa shape index (κ2) is 5.95. The zero-order valence-corrected chi connectivity index (χ0v) is 13.1. The lowest BCUT2D eigenvalue weighted by molar-refractivity contribution is 0.296. The molecule has 2 rings (SSSR count). The molecule has 0 fully saturated rings. The summed E-state index contributed by atoms with van der Waals surface area (Å²) in [5.74, 6) is 0. The fourth-order valence-electron chi connectivity index (χ4n) is 2.31. The van der Waals surface area contributed by atoms with Gasteiger partial charge in [0.2, 0.25) is 0 Å². The van der Waals surface area contributed by atoms with Crippen LogP contribution in [0.3, 0.4) is 0 Å². The molecule has 0 saturated carbocycles. The molecule has 0 aromatic heterocycles. The van der Waals surface area contributed by atoms with Gasteiger partial charge < -0.3 is 9.67 Å². The van der Waals surface area contributed by atoms with Crippen LogP contribution in [-0.4, -0.2) is 17.4 Å². The van der Waals surface area contributed by atoms with Gasteiger partial charge in [-0.2, -0.15) is 0 Å². The molecule has 0 radical (unpaired) electrons. The molecule has 1 atom stereocenters. The third-order valence-electron chi connectivity index (χ3n) is 3.72. The summed E-state index contributed by atoms with van der Waals surface area (Å²) in [5.41, 5.74) is 2.00. The zero-order valence-electron chi connectivity index (χ0n) is 12.2. The number of aliphatic hydroxyl groups is 1. The summed E-state index contributed by atoms with van der Waals surface area (Å²) in [6, 6.07) is 15.6. The van der Waals surface area contributed by atoms with Crippen molar-refractivity contribution in [3.8, 4) is 0 Å². The molecule has 0 aliphatic carbocycles. The van der Waals surface area contributed by atoms with Gasteiger partial charge in [0.15, 0.2) is 0 Å². The lowest BCUT2D eigenvalue weighted by Crippen LogP contribution is -2.26. The molecule has 0 aliphatic heterocycles. The van der Waals surface area contributed by atoms with Crippen LogP contribution in [0, 0.1) is 13.8 Å². The Balaban J connectivity index is 2.59. The Hall–Kier alpha value is -1.37. The van der Waals surface area contributed by atoms with E-state index in [-0.39, 0.29) is 12.3 Å². The van der Waals surface area contributed by atoms with E-state index < -0.39 is 7.14 Å². The first-order valence-corrected chi connectivity index (χ1v) is 8.61. The standard InChI is InChI=1S/C17H21O2P/c1-13-4-8-16(9-5-13)20(19,15(3)12-18)17-10-6-14(2)7-11-17/h4-11,15,18H,12H2,1-3H3/t15-/m1/s1. The highest BCUT2D eigenvalue weighted by molar-refractivity contribution is 7.79. The van der Waals surface area contributed by atoms with E-state index in [0.717, 1.165) is 21.7 Å². The van der Waals surface area contributed by atoms with E-state index in [1.165, 1.54) is 0 Å². The minimum absolute atomic E-state index is 0.0843. The molecular weight excluding hydrogens is 267 g/mol. The smallest absolute Gasteiger partial charge is 0.148 e. The average molecular weight is 288 g/mol. The van der Waals surface area contributed by atoms with E-state index in [0.29, 0.717) is 0 Å². The maximum atomic E-state index is 13.6. The van der Waals surface area contributed by atoms with Gasteiger partial charge in [0.1, 0.15) is 7.14 Å². The Morgan fingerprint density at radius 1 is 0.900 bits per heavy atom. The topological polar surface area (TPSA) is 37.3 Å². The Bertz CT molecular complexity index is 565. The Morgan fingerprint density at radius 3 is 1.55 bits per heavy atom. The second-order valence-electron chi connectivity index (χ2n) is 5.36. The molecule has 106 valence electrons. The molecule has 0 amide bonds. The van der Waals surface area contributed by atoms with E-state index in [1.54, 1.807) is 0 Å². The molecule has 2 aromatic rings. The molecule has 0 bridgehead atoms. The fraction of sp³-hybridized carbons (Fsp3) is 0.294. The normalized spacial score (nSPS) is 13.2. The SMILES string of the molecule is Cc1ccc(P(=O)(c2ccc(C)cc2)[C@H](C)CO)cc1. The maximum absolute atomic E-state index is 13.6. The third kappa shape index (κ3) is 2.72. The van der Waals surface area contributed by atoms with E-state index in [4.69, 9.17) is 0 Å². The highest BCUT2D eigenvalue weighted by Crippen LogP contribution is 2.48. The van der Waals surface area contributed by atoms with E-state index in [2.05, 4.69) is 0 Å². The van der Waals surface area contributed by atoms with Gasteiger partial charge in [-0.05, 0) is 13.8 Å². The Kier molecular flexibility index (Phi) is 4.47. The lowest BCUT2D eigenvalue weighted by atomic mass is 10.2. The first kappa shape index (κ1) is 15.0. The highest BCUT2D eigenvalue weighted by atomic mass is 31.2. The number of rotatable bonds is 4. The van der Waals surface area contributed by atoms with Crippen molar-refractivity contribution in [2.24, 2.45) is 0 Å². The minimum Gasteiger partial charge on any atom is -0.396 e. The predicted octanol–water partition coefficient (Wildman–Crippen LogP) is 3.00. The maximum Gasteiger partial charge on any atom is 0.148 e. The highest BCUT2D eigenvalue weighted by Gasteiger charge is 2.33. The third-order valence-corrected chi connectivity index (χ3v) is 7.26. The van der Waals surface area contributed by atoms with Crippen molar-refractivity contribution in [3.05, 3.63) is 59.7 Å². The molecule has 0 saturated heterocycles. The fourth-order valence-corrected chi connectivity index (χ4v) is 5.04. The number of aryl methyl sites for hydroxylation is 2. The number of hydrogen-bond acceptors (Lipinski definition) is 2. The summed E-state index contributed by atoms with van der Waals surface area (Å²) < 4.78 is 13.6. The van der Waals surface area contributed by atoms with Gasteiger partial charge >= 0.3 is 0 Å². The summed E-state index contributed by atoms with van der Waals surface area (Å²) in [5, 5.41) is 11.2. The molecule has 1 N–H and O–H groups in total. The van der Waals surface area contributed by atoms with Crippen LogP contribution in [0.5, 0.6) is 0 Å². The molecular formula is C17H21O2P. The summed E-state index contributed by atoms with van der Waals surface area (Å²) in [7, 11) is -2.80. The zero-order chi connectivity index (χ0) is 14.8. The van der Waals surface area contributed by atoms with Crippen molar-refractivity contribution in [2.75, 3.05) is 6.61 Å². The van der Waals surface area contributed by atoms with Crippen LogP contribution >= 0.6 is 7.14 Å². The number of aliphatic hydroxyl groups excluding tert-OH is 1. The quantitative estimate of drug-likeness (QED) is 0.878. The van der Waals surface area contributed by atoms with Gasteiger partial charge in [-0.25, -0.2) is 0 Å². The van der Waals surface area contributed by atoms with E-state index in [9.17, 15) is 9.67 Å². The minimum atomic E-state index is -2.80. The van der Waals surface area contributed by atoms with Crippen LogP contribution in [-0.2, 0) is 4.57 Å². The first-order chi connectivity index (χ1) is 9.48. The molecule has 0 unspecified atom stereocenters. The van der Waals surface area contributed by atoms with Crippen LogP contribution in [0.25, 0.3) is 0 Å². The van der Waals surface area contributed by atoms with Crippen molar-refractivity contribution >= 4 is 17.8 Å². The summed E-state index contributed by atoms with van der Waals surface area (Å²) in [6.07, 6.45) is 0. The van der Waals surface area contributed by atoms with Gasteiger partial charge in [0.05, 0.1) is 6.61 Å². The summed E-state index contributed by atoms with van der Waals surface area (Å²) >= 11 is 0. The van der Waals surface area contributed by atoms with Gasteiger partial charge in [-0.15, -0.1) is 0 Å². The van der Waals surface area contributed by atoms with E-state index in [1.807, 2.05) is 69.3 Å². The van der Waals surface area contributed by atoms with Crippen LogP contribution in [0.2, 0.25) is 0 Å². The van der Waals surface area contributed by atoms with Crippen molar-refractivity contribution in [1.82, 2.24) is 0 Å². The molecule has 0 spiro atoms. The molecule has 20 heavy (non-hydrogen) atoms.